The summed E-state index contributed by atoms with van der Waals surface area (Å²) in [5.74, 6) is 7.34. The van der Waals surface area contributed by atoms with E-state index in [1.165, 1.54) is 35.2 Å². The van der Waals surface area contributed by atoms with Crippen molar-refractivity contribution >= 4 is 0 Å². The van der Waals surface area contributed by atoms with Crippen LogP contribution in [0.3, 0.4) is 0 Å². The maximum atomic E-state index is 3.62. The third-order valence-electron chi connectivity index (χ3n) is 5.06. The Kier molecular flexibility index (Phi) is 17.2. The minimum atomic E-state index is 0. The Morgan fingerprint density at radius 3 is 1.17 bits per heavy atom. The predicted octanol–water partition coefficient (Wildman–Crippen LogP) is 7.22. The zero-order chi connectivity index (χ0) is 20.8. The molecule has 2 saturated carbocycles. The van der Waals surface area contributed by atoms with Crippen LogP contribution in [-0.4, -0.2) is 0 Å². The fourth-order valence-corrected chi connectivity index (χ4v) is 2.75. The molecule has 0 heterocycles. The molecule has 0 spiro atoms. The summed E-state index contributed by atoms with van der Waals surface area (Å²) < 4.78 is 0. The van der Waals surface area contributed by atoms with Crippen molar-refractivity contribution in [1.82, 2.24) is 0 Å². The molecule has 1 aromatic rings. The number of hydrogen-bond acceptors (Lipinski definition) is 0. The van der Waals surface area contributed by atoms with Crippen LogP contribution >= 0.6 is 0 Å². The van der Waals surface area contributed by atoms with Crippen LogP contribution in [0, 0.1) is 87.9 Å². The van der Waals surface area contributed by atoms with Gasteiger partial charge in [0.2, 0.25) is 0 Å². The Morgan fingerprint density at radius 1 is 0.586 bits per heavy atom. The van der Waals surface area contributed by atoms with Gasteiger partial charge in [-0.15, -0.1) is 0 Å². The summed E-state index contributed by atoms with van der Waals surface area (Å²) >= 11 is 0. The Hall–Kier alpha value is -0.287. The van der Waals surface area contributed by atoms with Gasteiger partial charge in [-0.2, -0.15) is 0 Å². The SMILES string of the molecule is C[C]1[C](C)[C](C)[C](C)[C]1C.[CH2-]/C=C/Cc1ccccc1.[CH]1[CH][CH][CH][CH][CH][CH][CH]1.[Zr]. The molecule has 2 aliphatic carbocycles. The van der Waals surface area contributed by atoms with Crippen molar-refractivity contribution in [2.45, 2.75) is 41.0 Å². The molecule has 0 bridgehead atoms. The molecule has 0 amide bonds. The van der Waals surface area contributed by atoms with E-state index in [1.54, 1.807) is 0 Å². The van der Waals surface area contributed by atoms with Gasteiger partial charge in [-0.3, -0.25) is 0 Å². The molecule has 2 aliphatic rings. The molecule has 0 nitrogen and oxygen atoms in total. The summed E-state index contributed by atoms with van der Waals surface area (Å²) in [6, 6.07) is 10.3. The Balaban J connectivity index is 0.000000401. The molecule has 3 rings (SSSR count). The molecule has 0 unspecified atom stereocenters. The molecule has 13 radical (unpaired) electrons. The zero-order valence-corrected chi connectivity index (χ0v) is 21.0. The van der Waals surface area contributed by atoms with Gasteiger partial charge in [0, 0.05) is 26.2 Å². The van der Waals surface area contributed by atoms with Crippen molar-refractivity contribution in [3.8, 4) is 0 Å². The summed E-state index contributed by atoms with van der Waals surface area (Å²) in [6.07, 6.45) is 20.9. The van der Waals surface area contributed by atoms with E-state index in [2.05, 4.69) is 59.8 Å². The smallest absolute Gasteiger partial charge is 0 e. The molecule has 0 N–H and O–H groups in total. The first-order valence-electron chi connectivity index (χ1n) is 9.83. The molecular weight excluding hydrogens is 428 g/mol. The van der Waals surface area contributed by atoms with Crippen molar-refractivity contribution < 1.29 is 26.2 Å². The quantitative estimate of drug-likeness (QED) is 0.408. The second-order valence-corrected chi connectivity index (χ2v) is 6.83. The fraction of sp³-hybridized carbons (Fsp3) is 0.214. The summed E-state index contributed by atoms with van der Waals surface area (Å²) in [6.45, 7) is 14.6. The van der Waals surface area contributed by atoms with Gasteiger partial charge >= 0.3 is 0 Å². The topological polar surface area (TPSA) is 0 Å². The van der Waals surface area contributed by atoms with Gasteiger partial charge in [-0.05, 0) is 81.0 Å². The van der Waals surface area contributed by atoms with E-state index in [9.17, 15) is 0 Å². The van der Waals surface area contributed by atoms with Crippen LogP contribution in [0.1, 0.15) is 40.2 Å². The first kappa shape index (κ1) is 28.7. The number of hydrogen-bond donors (Lipinski definition) is 0. The average molecular weight is 462 g/mol. The summed E-state index contributed by atoms with van der Waals surface area (Å²) in [7, 11) is 0. The van der Waals surface area contributed by atoms with Crippen molar-refractivity contribution in [3.05, 3.63) is 136 Å². The summed E-state index contributed by atoms with van der Waals surface area (Å²) in [4.78, 5) is 0. The van der Waals surface area contributed by atoms with E-state index in [1.807, 2.05) is 75.6 Å². The van der Waals surface area contributed by atoms with E-state index >= 15 is 0 Å². The van der Waals surface area contributed by atoms with Gasteiger partial charge < -0.3 is 0 Å². The van der Waals surface area contributed by atoms with Gasteiger partial charge in [-0.1, -0.05) is 76.9 Å². The maximum absolute atomic E-state index is 3.62. The van der Waals surface area contributed by atoms with Crippen molar-refractivity contribution in [3.63, 3.8) is 0 Å². The number of benzene rings is 1. The number of allylic oxidation sites excluding steroid dienone is 2. The third-order valence-corrected chi connectivity index (χ3v) is 5.06. The van der Waals surface area contributed by atoms with Gasteiger partial charge in [0.15, 0.2) is 0 Å². The number of rotatable bonds is 2. The van der Waals surface area contributed by atoms with Gasteiger partial charge in [-0.25, -0.2) is 19.1 Å². The van der Waals surface area contributed by atoms with Crippen molar-refractivity contribution in [2.24, 2.45) is 0 Å². The molecular formula is C28H34Zr-. The van der Waals surface area contributed by atoms with Gasteiger partial charge in [0.05, 0.1) is 0 Å². The van der Waals surface area contributed by atoms with Crippen LogP contribution < -0.4 is 0 Å². The Labute approximate surface area is 202 Å². The second-order valence-electron chi connectivity index (χ2n) is 6.83. The monoisotopic (exact) mass is 460 g/mol. The summed E-state index contributed by atoms with van der Waals surface area (Å²) in [5, 5.41) is 0. The Bertz CT molecular complexity index is 437. The second kappa shape index (κ2) is 17.4. The largest absolute Gasteiger partial charge is 0.245 e. The maximum Gasteiger partial charge on any atom is 0 e. The fourth-order valence-electron chi connectivity index (χ4n) is 2.75. The van der Waals surface area contributed by atoms with E-state index in [0.717, 1.165) is 6.42 Å². The van der Waals surface area contributed by atoms with Crippen molar-refractivity contribution in [1.29, 1.82) is 0 Å². The average Bonchev–Trinajstić information content (AvgIpc) is 2.85. The van der Waals surface area contributed by atoms with Crippen LogP contribution in [0.15, 0.2) is 42.5 Å². The standard InChI is InChI=1S/C10H15.C10H11.C8H8.Zr/c1-6-7(2)9(4)10(5)8(6)3;1-2-3-7-10-8-5-4-6-9-10;1-2-4-6-8-7-5-3-1;/h1-5H3;2-6,8-9H,1,7H2;1-8H;/q;-1;;/b;3-2+;;. The Morgan fingerprint density at radius 2 is 0.897 bits per heavy atom. The molecule has 29 heavy (non-hydrogen) atoms. The van der Waals surface area contributed by atoms with Crippen molar-refractivity contribution in [2.75, 3.05) is 0 Å². The van der Waals surface area contributed by atoms with E-state index in [0.29, 0.717) is 0 Å². The van der Waals surface area contributed by atoms with Crippen LogP contribution in [0.2, 0.25) is 0 Å². The molecule has 0 atom stereocenters. The van der Waals surface area contributed by atoms with Gasteiger partial charge in [0.1, 0.15) is 0 Å². The van der Waals surface area contributed by atoms with E-state index in [4.69, 9.17) is 0 Å². The molecule has 1 aromatic carbocycles. The molecule has 2 fully saturated rings. The van der Waals surface area contributed by atoms with E-state index < -0.39 is 0 Å². The molecule has 0 saturated heterocycles. The molecule has 0 aliphatic heterocycles. The van der Waals surface area contributed by atoms with Gasteiger partial charge in [0.25, 0.3) is 0 Å². The van der Waals surface area contributed by atoms with Crippen LogP contribution in [0.5, 0.6) is 0 Å². The van der Waals surface area contributed by atoms with E-state index in [-0.39, 0.29) is 26.2 Å². The zero-order valence-electron chi connectivity index (χ0n) is 18.6. The van der Waals surface area contributed by atoms with Crippen LogP contribution in [0.4, 0.5) is 0 Å². The first-order valence-corrected chi connectivity index (χ1v) is 9.83. The van der Waals surface area contributed by atoms with Crippen LogP contribution in [0.25, 0.3) is 0 Å². The first-order chi connectivity index (χ1) is 13.5. The molecule has 1 heteroatoms. The van der Waals surface area contributed by atoms with Crippen LogP contribution in [-0.2, 0) is 32.6 Å². The summed E-state index contributed by atoms with van der Waals surface area (Å²) in [5.41, 5.74) is 1.34. The predicted molar refractivity (Wildman–Crippen MR) is 124 cm³/mol. The minimum Gasteiger partial charge on any atom is -0.245 e. The minimum absolute atomic E-state index is 0. The third kappa shape index (κ3) is 11.6. The normalized spacial score (nSPS) is 20.0. The molecule has 0 aromatic heterocycles. The molecule has 151 valence electrons.